The maximum Gasteiger partial charge on any atom is 0.137 e. The van der Waals surface area contributed by atoms with E-state index in [1.807, 2.05) is 0 Å². The number of nitriles is 1. The first-order chi connectivity index (χ1) is 9.71. The van der Waals surface area contributed by atoms with Crippen molar-refractivity contribution < 1.29 is 9.47 Å². The summed E-state index contributed by atoms with van der Waals surface area (Å²) in [6.45, 7) is 2.59. The number of hydrogen-bond donors (Lipinski definition) is 1. The molecule has 0 saturated carbocycles. The van der Waals surface area contributed by atoms with Gasteiger partial charge in [-0.1, -0.05) is 11.6 Å². The summed E-state index contributed by atoms with van der Waals surface area (Å²) >= 11 is 5.89. The molecule has 1 aromatic carbocycles. The van der Waals surface area contributed by atoms with Gasteiger partial charge in [-0.2, -0.15) is 5.26 Å². The van der Waals surface area contributed by atoms with Gasteiger partial charge in [-0.3, -0.25) is 0 Å². The van der Waals surface area contributed by atoms with E-state index in [0.717, 1.165) is 32.4 Å². The van der Waals surface area contributed by atoms with Gasteiger partial charge >= 0.3 is 0 Å². The lowest BCUT2D eigenvalue weighted by Gasteiger charge is -2.32. The van der Waals surface area contributed by atoms with E-state index >= 15 is 0 Å². The average Bonchev–Trinajstić information content (AvgIpc) is 2.84. The molecule has 1 unspecified atom stereocenters. The molecule has 3 rings (SSSR count). The van der Waals surface area contributed by atoms with Gasteiger partial charge in [-0.25, -0.2) is 0 Å². The quantitative estimate of drug-likeness (QED) is 0.910. The zero-order valence-electron chi connectivity index (χ0n) is 11.2. The molecule has 1 spiro atoms. The molecule has 2 heterocycles. The van der Waals surface area contributed by atoms with Gasteiger partial charge in [0.25, 0.3) is 0 Å². The fraction of sp³-hybridized carbons (Fsp3) is 0.533. The predicted molar refractivity (Wildman–Crippen MR) is 76.0 cm³/mol. The van der Waals surface area contributed by atoms with Gasteiger partial charge in [0.05, 0.1) is 17.8 Å². The third-order valence-corrected chi connectivity index (χ3v) is 4.28. The molecule has 2 aliphatic rings. The van der Waals surface area contributed by atoms with Crippen LogP contribution in [0.3, 0.4) is 0 Å². The lowest BCUT2D eigenvalue weighted by atomic mass is 9.89. The van der Waals surface area contributed by atoms with Crippen LogP contribution in [-0.2, 0) is 4.74 Å². The maximum absolute atomic E-state index is 9.13. The maximum atomic E-state index is 9.13. The van der Waals surface area contributed by atoms with Gasteiger partial charge in [0.15, 0.2) is 0 Å². The molecule has 2 fully saturated rings. The van der Waals surface area contributed by atoms with Gasteiger partial charge in [-0.15, -0.1) is 0 Å². The van der Waals surface area contributed by atoms with Crippen LogP contribution in [0.4, 0.5) is 0 Å². The van der Waals surface area contributed by atoms with Crippen molar-refractivity contribution >= 4 is 11.6 Å². The summed E-state index contributed by atoms with van der Waals surface area (Å²) in [6.07, 6.45) is 2.96. The van der Waals surface area contributed by atoms with E-state index in [0.29, 0.717) is 22.9 Å². The number of hydrogen-bond acceptors (Lipinski definition) is 4. The van der Waals surface area contributed by atoms with E-state index in [2.05, 4.69) is 11.4 Å². The summed E-state index contributed by atoms with van der Waals surface area (Å²) in [5.41, 5.74) is 0.443. The van der Waals surface area contributed by atoms with Crippen molar-refractivity contribution in [3.05, 3.63) is 28.8 Å². The van der Waals surface area contributed by atoms with Crippen molar-refractivity contribution in [3.63, 3.8) is 0 Å². The molecule has 0 aliphatic carbocycles. The molecule has 1 aromatic rings. The monoisotopic (exact) mass is 292 g/mol. The molecule has 0 amide bonds. The smallest absolute Gasteiger partial charge is 0.137 e. The Balaban J connectivity index is 1.69. The van der Waals surface area contributed by atoms with Crippen molar-refractivity contribution in [2.75, 3.05) is 19.7 Å². The Bertz CT molecular complexity index is 535. The Kier molecular flexibility index (Phi) is 3.84. The van der Waals surface area contributed by atoms with Crippen LogP contribution in [-0.4, -0.2) is 31.4 Å². The van der Waals surface area contributed by atoms with Crippen molar-refractivity contribution in [1.29, 1.82) is 5.26 Å². The highest BCUT2D eigenvalue weighted by atomic mass is 35.5. The highest BCUT2D eigenvalue weighted by Gasteiger charge is 2.42. The Hall–Kier alpha value is -1.28. The van der Waals surface area contributed by atoms with Gasteiger partial charge in [0.2, 0.25) is 0 Å². The summed E-state index contributed by atoms with van der Waals surface area (Å²) in [7, 11) is 0. The van der Waals surface area contributed by atoms with E-state index in [-0.39, 0.29) is 11.7 Å². The summed E-state index contributed by atoms with van der Waals surface area (Å²) in [4.78, 5) is 0. The molecule has 2 aliphatic heterocycles. The van der Waals surface area contributed by atoms with Crippen molar-refractivity contribution in [2.45, 2.75) is 31.0 Å². The molecule has 1 N–H and O–H groups in total. The van der Waals surface area contributed by atoms with Crippen LogP contribution in [0, 0.1) is 11.3 Å². The number of rotatable bonds is 2. The molecule has 0 bridgehead atoms. The highest BCUT2D eigenvalue weighted by Crippen LogP contribution is 2.36. The summed E-state index contributed by atoms with van der Waals surface area (Å²) in [5.74, 6) is 0.594. The van der Waals surface area contributed by atoms with Gasteiger partial charge in [-0.05, 0) is 44.1 Å². The van der Waals surface area contributed by atoms with Crippen molar-refractivity contribution in [3.8, 4) is 11.8 Å². The first-order valence-corrected chi connectivity index (χ1v) is 7.30. The minimum atomic E-state index is -0.0326. The standard InChI is InChI=1S/C15H17ClN2O2/c16-12-1-2-14(11(7-12)9-17)20-13-8-15(19-10-13)3-5-18-6-4-15/h1-2,7,13,18H,3-6,8,10H2. The lowest BCUT2D eigenvalue weighted by Crippen LogP contribution is -2.41. The predicted octanol–water partition coefficient (Wildman–Crippen LogP) is 2.50. The topological polar surface area (TPSA) is 54.3 Å². The van der Waals surface area contributed by atoms with E-state index in [1.54, 1.807) is 18.2 Å². The van der Waals surface area contributed by atoms with Crippen LogP contribution in [0.15, 0.2) is 18.2 Å². The van der Waals surface area contributed by atoms with Gasteiger partial charge < -0.3 is 14.8 Å². The summed E-state index contributed by atoms with van der Waals surface area (Å²) in [6, 6.07) is 7.26. The Labute approximate surface area is 123 Å². The third kappa shape index (κ3) is 2.76. The molecule has 1 atom stereocenters. The molecule has 20 heavy (non-hydrogen) atoms. The minimum Gasteiger partial charge on any atom is -0.487 e. The van der Waals surface area contributed by atoms with E-state index in [9.17, 15) is 0 Å². The zero-order valence-corrected chi connectivity index (χ0v) is 11.9. The fourth-order valence-electron chi connectivity index (χ4n) is 2.98. The van der Waals surface area contributed by atoms with Gasteiger partial charge in [0, 0.05) is 11.4 Å². The average molecular weight is 293 g/mol. The normalized spacial score (nSPS) is 24.5. The number of halogens is 1. The third-order valence-electron chi connectivity index (χ3n) is 4.05. The summed E-state index contributed by atoms with van der Waals surface area (Å²) in [5, 5.41) is 13.0. The van der Waals surface area contributed by atoms with Crippen LogP contribution in [0.2, 0.25) is 5.02 Å². The summed E-state index contributed by atoms with van der Waals surface area (Å²) < 4.78 is 11.9. The number of piperidine rings is 1. The van der Waals surface area contributed by atoms with E-state index in [4.69, 9.17) is 26.3 Å². The zero-order chi connectivity index (χ0) is 14.0. The SMILES string of the molecule is N#Cc1cc(Cl)ccc1OC1COC2(CCNCC2)C1. The number of ether oxygens (including phenoxy) is 2. The molecular weight excluding hydrogens is 276 g/mol. The molecule has 2 saturated heterocycles. The Morgan fingerprint density at radius 2 is 2.20 bits per heavy atom. The van der Waals surface area contributed by atoms with Crippen molar-refractivity contribution in [1.82, 2.24) is 5.32 Å². The molecular formula is C15H17ClN2O2. The second-order valence-electron chi connectivity index (χ2n) is 5.44. The minimum absolute atomic E-state index is 0.0152. The van der Waals surface area contributed by atoms with Crippen LogP contribution in [0.25, 0.3) is 0 Å². The largest absolute Gasteiger partial charge is 0.487 e. The fourth-order valence-corrected chi connectivity index (χ4v) is 3.15. The number of benzene rings is 1. The molecule has 0 radical (unpaired) electrons. The van der Waals surface area contributed by atoms with Gasteiger partial charge in [0.1, 0.15) is 17.9 Å². The van der Waals surface area contributed by atoms with Crippen LogP contribution < -0.4 is 10.1 Å². The Morgan fingerprint density at radius 3 is 2.95 bits per heavy atom. The molecule has 4 nitrogen and oxygen atoms in total. The molecule has 106 valence electrons. The molecule has 0 aromatic heterocycles. The molecule has 5 heteroatoms. The Morgan fingerprint density at radius 1 is 1.40 bits per heavy atom. The highest BCUT2D eigenvalue weighted by molar-refractivity contribution is 6.30. The first-order valence-electron chi connectivity index (χ1n) is 6.92. The lowest BCUT2D eigenvalue weighted by molar-refractivity contribution is -0.0205. The van der Waals surface area contributed by atoms with E-state index in [1.165, 1.54) is 0 Å². The van der Waals surface area contributed by atoms with Crippen molar-refractivity contribution in [2.24, 2.45) is 0 Å². The first kappa shape index (κ1) is 13.7. The number of nitrogens with zero attached hydrogens (tertiary/aromatic N) is 1. The van der Waals surface area contributed by atoms with Crippen LogP contribution in [0.1, 0.15) is 24.8 Å². The number of nitrogens with one attached hydrogen (secondary N) is 1. The second-order valence-corrected chi connectivity index (χ2v) is 5.88. The van der Waals surface area contributed by atoms with Crippen LogP contribution >= 0.6 is 11.6 Å². The van der Waals surface area contributed by atoms with E-state index < -0.39 is 0 Å². The van der Waals surface area contributed by atoms with Crippen LogP contribution in [0.5, 0.6) is 5.75 Å². The second kappa shape index (κ2) is 5.61.